The van der Waals surface area contributed by atoms with E-state index in [9.17, 15) is 9.59 Å². The van der Waals surface area contributed by atoms with Gasteiger partial charge in [0.15, 0.2) is 0 Å². The lowest BCUT2D eigenvalue weighted by atomic mass is 10.1. The van der Waals surface area contributed by atoms with Crippen LogP contribution in [0.15, 0.2) is 50.5 Å². The van der Waals surface area contributed by atoms with Gasteiger partial charge in [0.05, 0.1) is 21.6 Å². The standard InChI is InChI=1S/C17H12BrClN2O2/c18-12-7-11-15(8-10(12)9-5-6-9)21(17(23)20-16(11)22)14-4-2-1-3-13(14)19/h1-4,7-9H,5-6H2,(H,20,22,23). The molecule has 2 aromatic carbocycles. The third-order valence-corrected chi connectivity index (χ3v) is 5.14. The van der Waals surface area contributed by atoms with Crippen molar-refractivity contribution in [2.75, 3.05) is 0 Å². The summed E-state index contributed by atoms with van der Waals surface area (Å²) in [6.07, 6.45) is 2.26. The van der Waals surface area contributed by atoms with Crippen molar-refractivity contribution in [3.05, 3.63) is 72.3 Å². The third-order valence-electron chi connectivity index (χ3n) is 4.13. The second-order valence-corrected chi connectivity index (χ2v) is 6.97. The number of H-pyrrole nitrogens is 1. The zero-order valence-corrected chi connectivity index (χ0v) is 14.3. The average molecular weight is 392 g/mol. The van der Waals surface area contributed by atoms with E-state index in [4.69, 9.17) is 11.6 Å². The van der Waals surface area contributed by atoms with Crippen molar-refractivity contribution in [2.45, 2.75) is 18.8 Å². The van der Waals surface area contributed by atoms with Crippen LogP contribution in [0.2, 0.25) is 5.02 Å². The number of aromatic nitrogens is 2. The molecule has 116 valence electrons. The largest absolute Gasteiger partial charge is 0.333 e. The summed E-state index contributed by atoms with van der Waals surface area (Å²) in [5.41, 5.74) is 1.39. The van der Waals surface area contributed by atoms with Crippen LogP contribution < -0.4 is 11.2 Å². The maximum absolute atomic E-state index is 12.4. The highest BCUT2D eigenvalue weighted by atomic mass is 79.9. The summed E-state index contributed by atoms with van der Waals surface area (Å²) in [6, 6.07) is 10.8. The molecule has 0 radical (unpaired) electrons. The van der Waals surface area contributed by atoms with E-state index in [2.05, 4.69) is 20.9 Å². The molecular formula is C17H12BrClN2O2. The lowest BCUT2D eigenvalue weighted by Crippen LogP contribution is -2.29. The number of halogens is 2. The molecule has 4 nitrogen and oxygen atoms in total. The smallest absolute Gasteiger partial charge is 0.273 e. The number of hydrogen-bond donors (Lipinski definition) is 1. The Labute approximate surface area is 144 Å². The first kappa shape index (κ1) is 14.7. The first-order chi connectivity index (χ1) is 11.1. The molecule has 0 atom stereocenters. The van der Waals surface area contributed by atoms with Crippen LogP contribution in [0.3, 0.4) is 0 Å². The summed E-state index contributed by atoms with van der Waals surface area (Å²) in [4.78, 5) is 27.0. The lowest BCUT2D eigenvalue weighted by molar-refractivity contribution is 0.939. The van der Waals surface area contributed by atoms with Crippen LogP contribution >= 0.6 is 27.5 Å². The summed E-state index contributed by atoms with van der Waals surface area (Å²) < 4.78 is 2.37. The van der Waals surface area contributed by atoms with Crippen molar-refractivity contribution in [1.29, 1.82) is 0 Å². The molecule has 0 bridgehead atoms. The molecule has 3 aromatic rings. The fourth-order valence-corrected chi connectivity index (χ4v) is 3.74. The molecule has 1 fully saturated rings. The Morgan fingerprint density at radius 1 is 1.17 bits per heavy atom. The molecule has 4 rings (SSSR count). The second kappa shape index (κ2) is 5.35. The van der Waals surface area contributed by atoms with Gasteiger partial charge in [-0.1, -0.05) is 39.7 Å². The van der Waals surface area contributed by atoms with Gasteiger partial charge < -0.3 is 0 Å². The molecule has 0 aliphatic heterocycles. The molecular weight excluding hydrogens is 380 g/mol. The topological polar surface area (TPSA) is 54.9 Å². The van der Waals surface area contributed by atoms with Gasteiger partial charge in [-0.25, -0.2) is 4.79 Å². The van der Waals surface area contributed by atoms with E-state index in [-0.39, 0.29) is 0 Å². The van der Waals surface area contributed by atoms with Gasteiger partial charge in [0, 0.05) is 4.47 Å². The molecule has 1 heterocycles. The molecule has 23 heavy (non-hydrogen) atoms. The van der Waals surface area contributed by atoms with Gasteiger partial charge in [-0.05, 0) is 48.6 Å². The van der Waals surface area contributed by atoms with Crippen LogP contribution in [-0.2, 0) is 0 Å². The first-order valence-corrected chi connectivity index (χ1v) is 8.47. The number of aromatic amines is 1. The van der Waals surface area contributed by atoms with Gasteiger partial charge in [0.2, 0.25) is 0 Å². The van der Waals surface area contributed by atoms with E-state index < -0.39 is 11.2 Å². The zero-order valence-electron chi connectivity index (χ0n) is 12.0. The van der Waals surface area contributed by atoms with Crippen LogP contribution in [0.1, 0.15) is 24.3 Å². The van der Waals surface area contributed by atoms with Crippen molar-refractivity contribution >= 4 is 38.4 Å². The molecule has 1 aromatic heterocycles. The summed E-state index contributed by atoms with van der Waals surface area (Å²) in [5.74, 6) is 0.489. The Kier molecular flexibility index (Phi) is 3.43. The summed E-state index contributed by atoms with van der Waals surface area (Å²) >= 11 is 9.80. The molecule has 1 aliphatic carbocycles. The maximum Gasteiger partial charge on any atom is 0.333 e. The summed E-state index contributed by atoms with van der Waals surface area (Å²) in [5, 5.41) is 0.916. The normalized spacial score (nSPS) is 14.3. The first-order valence-electron chi connectivity index (χ1n) is 7.29. The maximum atomic E-state index is 12.4. The van der Waals surface area contributed by atoms with Gasteiger partial charge in [-0.15, -0.1) is 0 Å². The Balaban J connectivity index is 2.15. The fraction of sp³-hybridized carbons (Fsp3) is 0.176. The van der Waals surface area contributed by atoms with Crippen LogP contribution in [0.25, 0.3) is 16.6 Å². The van der Waals surface area contributed by atoms with E-state index >= 15 is 0 Å². The SMILES string of the molecule is O=c1[nH]c(=O)n(-c2ccccc2Cl)c2cc(C3CC3)c(Br)cc12. The van der Waals surface area contributed by atoms with Crippen molar-refractivity contribution in [2.24, 2.45) is 0 Å². The highest BCUT2D eigenvalue weighted by Gasteiger charge is 2.27. The number of hydrogen-bond acceptors (Lipinski definition) is 2. The number of fused-ring (bicyclic) bond motifs is 1. The monoisotopic (exact) mass is 390 g/mol. The van der Waals surface area contributed by atoms with Gasteiger partial charge in [-0.3, -0.25) is 14.3 Å². The number of nitrogens with zero attached hydrogens (tertiary/aromatic N) is 1. The van der Waals surface area contributed by atoms with Crippen LogP contribution in [0, 0.1) is 0 Å². The van der Waals surface area contributed by atoms with Crippen molar-refractivity contribution < 1.29 is 0 Å². The molecule has 0 spiro atoms. The molecule has 6 heteroatoms. The van der Waals surface area contributed by atoms with Gasteiger partial charge in [0.25, 0.3) is 5.56 Å². The van der Waals surface area contributed by atoms with Gasteiger partial charge >= 0.3 is 5.69 Å². The zero-order chi connectivity index (χ0) is 16.1. The highest BCUT2D eigenvalue weighted by Crippen LogP contribution is 2.44. The molecule has 0 unspecified atom stereocenters. The minimum atomic E-state index is -0.486. The van der Waals surface area contributed by atoms with Crippen molar-refractivity contribution in [3.8, 4) is 5.69 Å². The minimum absolute atomic E-state index is 0.392. The second-order valence-electron chi connectivity index (χ2n) is 5.71. The van der Waals surface area contributed by atoms with E-state index in [1.165, 1.54) is 4.57 Å². The van der Waals surface area contributed by atoms with E-state index in [0.717, 1.165) is 22.9 Å². The Hall–Kier alpha value is -1.85. The van der Waals surface area contributed by atoms with E-state index in [1.54, 1.807) is 24.3 Å². The summed E-state index contributed by atoms with van der Waals surface area (Å²) in [7, 11) is 0. The quantitative estimate of drug-likeness (QED) is 0.718. The van der Waals surface area contributed by atoms with Crippen LogP contribution in [0.4, 0.5) is 0 Å². The number of benzene rings is 2. The summed E-state index contributed by atoms with van der Waals surface area (Å²) in [6.45, 7) is 0. The van der Waals surface area contributed by atoms with Crippen LogP contribution in [0.5, 0.6) is 0 Å². The van der Waals surface area contributed by atoms with E-state index in [0.29, 0.717) is 27.5 Å². The minimum Gasteiger partial charge on any atom is -0.273 e. The fourth-order valence-electron chi connectivity index (χ4n) is 2.85. The molecule has 1 aliphatic rings. The van der Waals surface area contributed by atoms with Crippen molar-refractivity contribution in [3.63, 3.8) is 0 Å². The Morgan fingerprint density at radius 3 is 2.61 bits per heavy atom. The molecule has 0 amide bonds. The predicted octanol–water partition coefficient (Wildman–Crippen LogP) is 3.97. The predicted molar refractivity (Wildman–Crippen MR) is 94.9 cm³/mol. The highest BCUT2D eigenvalue weighted by molar-refractivity contribution is 9.10. The lowest BCUT2D eigenvalue weighted by Gasteiger charge is -2.13. The number of rotatable bonds is 2. The van der Waals surface area contributed by atoms with E-state index in [1.807, 2.05) is 12.1 Å². The van der Waals surface area contributed by atoms with Crippen molar-refractivity contribution in [1.82, 2.24) is 9.55 Å². The molecule has 0 saturated heterocycles. The molecule has 1 N–H and O–H groups in total. The van der Waals surface area contributed by atoms with Gasteiger partial charge in [-0.2, -0.15) is 0 Å². The Morgan fingerprint density at radius 2 is 1.91 bits per heavy atom. The van der Waals surface area contributed by atoms with Gasteiger partial charge in [0.1, 0.15) is 0 Å². The van der Waals surface area contributed by atoms with Crippen LogP contribution in [-0.4, -0.2) is 9.55 Å². The number of para-hydroxylation sites is 1. The third kappa shape index (κ3) is 2.44. The Bertz CT molecular complexity index is 1050. The average Bonchev–Trinajstić information content (AvgIpc) is 3.34. The molecule has 1 saturated carbocycles. The number of nitrogens with one attached hydrogen (secondary N) is 1.